The van der Waals surface area contributed by atoms with Crippen LogP contribution in [0, 0.1) is 0 Å². The molecule has 0 aromatic carbocycles. The van der Waals surface area contributed by atoms with Gasteiger partial charge < -0.3 is 9.47 Å². The standard InChI is InChI=1S/C15H23NO2/c1-10(2)17-13-12(18-11-6-7-11)8-9-16-14(13)15(3,4)5/h8-11H,6-7H2,1-5H3. The van der Waals surface area contributed by atoms with Gasteiger partial charge in [-0.05, 0) is 26.7 Å². The highest BCUT2D eigenvalue weighted by Gasteiger charge is 2.29. The van der Waals surface area contributed by atoms with Crippen LogP contribution < -0.4 is 9.47 Å². The van der Waals surface area contributed by atoms with Crippen LogP contribution in [0.5, 0.6) is 11.5 Å². The summed E-state index contributed by atoms with van der Waals surface area (Å²) >= 11 is 0. The first-order valence-corrected chi connectivity index (χ1v) is 6.70. The molecule has 0 N–H and O–H groups in total. The molecule has 1 aromatic rings. The lowest BCUT2D eigenvalue weighted by atomic mass is 9.90. The Balaban J connectivity index is 2.37. The molecule has 3 heteroatoms. The highest BCUT2D eigenvalue weighted by Crippen LogP contribution is 2.40. The monoisotopic (exact) mass is 249 g/mol. The van der Waals surface area contributed by atoms with Crippen molar-refractivity contribution in [1.82, 2.24) is 4.98 Å². The Bertz CT molecular complexity index is 417. The molecule has 2 rings (SSSR count). The molecule has 1 aliphatic carbocycles. The Kier molecular flexibility index (Phi) is 3.51. The molecule has 3 nitrogen and oxygen atoms in total. The van der Waals surface area contributed by atoms with Crippen LogP contribution >= 0.6 is 0 Å². The third-order valence-corrected chi connectivity index (χ3v) is 2.75. The molecule has 0 saturated heterocycles. The maximum Gasteiger partial charge on any atom is 0.183 e. The second kappa shape index (κ2) is 4.79. The van der Waals surface area contributed by atoms with Gasteiger partial charge in [-0.25, -0.2) is 0 Å². The molecule has 1 fully saturated rings. The summed E-state index contributed by atoms with van der Waals surface area (Å²) in [7, 11) is 0. The van der Waals surface area contributed by atoms with Crippen molar-refractivity contribution in [3.63, 3.8) is 0 Å². The van der Waals surface area contributed by atoms with Gasteiger partial charge >= 0.3 is 0 Å². The largest absolute Gasteiger partial charge is 0.486 e. The van der Waals surface area contributed by atoms with Crippen molar-refractivity contribution in [3.05, 3.63) is 18.0 Å². The fourth-order valence-corrected chi connectivity index (χ4v) is 1.77. The fraction of sp³-hybridized carbons (Fsp3) is 0.667. The fourth-order valence-electron chi connectivity index (χ4n) is 1.77. The molecule has 0 unspecified atom stereocenters. The predicted molar refractivity (Wildman–Crippen MR) is 72.4 cm³/mol. The summed E-state index contributed by atoms with van der Waals surface area (Å²) in [5, 5.41) is 0. The van der Waals surface area contributed by atoms with Gasteiger partial charge in [0.15, 0.2) is 11.5 Å². The highest BCUT2D eigenvalue weighted by atomic mass is 16.5. The van der Waals surface area contributed by atoms with Crippen LogP contribution in [0.3, 0.4) is 0 Å². The van der Waals surface area contributed by atoms with E-state index >= 15 is 0 Å². The molecule has 0 atom stereocenters. The number of ether oxygens (including phenoxy) is 2. The minimum atomic E-state index is -0.0485. The lowest BCUT2D eigenvalue weighted by Gasteiger charge is -2.24. The second-order valence-corrected chi connectivity index (χ2v) is 6.22. The van der Waals surface area contributed by atoms with Gasteiger partial charge in [-0.2, -0.15) is 0 Å². The van der Waals surface area contributed by atoms with E-state index in [0.29, 0.717) is 6.10 Å². The van der Waals surface area contributed by atoms with Gasteiger partial charge in [-0.1, -0.05) is 20.8 Å². The summed E-state index contributed by atoms with van der Waals surface area (Å²) in [6, 6.07) is 1.91. The highest BCUT2D eigenvalue weighted by molar-refractivity contribution is 5.46. The molecule has 1 heterocycles. The molecule has 1 aromatic heterocycles. The van der Waals surface area contributed by atoms with E-state index in [0.717, 1.165) is 30.0 Å². The molecule has 0 bridgehead atoms. The minimum Gasteiger partial charge on any atom is -0.486 e. The third-order valence-electron chi connectivity index (χ3n) is 2.75. The molecule has 0 spiro atoms. The first kappa shape index (κ1) is 13.2. The van der Waals surface area contributed by atoms with Gasteiger partial charge in [-0.15, -0.1) is 0 Å². The molecule has 1 saturated carbocycles. The number of nitrogens with zero attached hydrogens (tertiary/aromatic N) is 1. The average molecular weight is 249 g/mol. The summed E-state index contributed by atoms with van der Waals surface area (Å²) in [4.78, 5) is 4.49. The van der Waals surface area contributed by atoms with Gasteiger partial charge in [0, 0.05) is 17.7 Å². The van der Waals surface area contributed by atoms with Crippen LogP contribution in [0.1, 0.15) is 53.2 Å². The maximum absolute atomic E-state index is 5.94. The van der Waals surface area contributed by atoms with Crippen molar-refractivity contribution in [2.45, 2.75) is 65.1 Å². The van der Waals surface area contributed by atoms with Crippen LogP contribution in [0.15, 0.2) is 12.3 Å². The molecular weight excluding hydrogens is 226 g/mol. The number of hydrogen-bond donors (Lipinski definition) is 0. The first-order valence-electron chi connectivity index (χ1n) is 6.70. The molecule has 0 aliphatic heterocycles. The Labute approximate surface area is 110 Å². The zero-order chi connectivity index (χ0) is 13.3. The Hall–Kier alpha value is -1.25. The summed E-state index contributed by atoms with van der Waals surface area (Å²) in [6.45, 7) is 10.5. The lowest BCUT2D eigenvalue weighted by Crippen LogP contribution is -2.19. The van der Waals surface area contributed by atoms with Gasteiger partial charge in [0.2, 0.25) is 0 Å². The number of rotatable bonds is 4. The van der Waals surface area contributed by atoms with Gasteiger partial charge in [0.05, 0.1) is 17.9 Å². The van der Waals surface area contributed by atoms with E-state index in [1.807, 2.05) is 26.1 Å². The van der Waals surface area contributed by atoms with E-state index < -0.39 is 0 Å². The molecule has 0 radical (unpaired) electrons. The van der Waals surface area contributed by atoms with Crippen molar-refractivity contribution in [2.24, 2.45) is 0 Å². The van der Waals surface area contributed by atoms with E-state index in [2.05, 4.69) is 25.8 Å². The van der Waals surface area contributed by atoms with Crippen molar-refractivity contribution in [1.29, 1.82) is 0 Å². The predicted octanol–water partition coefficient (Wildman–Crippen LogP) is 3.71. The van der Waals surface area contributed by atoms with Gasteiger partial charge in [0.1, 0.15) is 0 Å². The third kappa shape index (κ3) is 3.15. The summed E-state index contributed by atoms with van der Waals surface area (Å²) in [6.07, 6.45) is 4.60. The average Bonchev–Trinajstić information content (AvgIpc) is 3.02. The molecular formula is C15H23NO2. The van der Waals surface area contributed by atoms with E-state index in [1.165, 1.54) is 0 Å². The van der Waals surface area contributed by atoms with Gasteiger partial charge in [0.25, 0.3) is 0 Å². The minimum absolute atomic E-state index is 0.0485. The smallest absolute Gasteiger partial charge is 0.183 e. The Morgan fingerprint density at radius 2 is 1.94 bits per heavy atom. The van der Waals surface area contributed by atoms with Crippen molar-refractivity contribution in [3.8, 4) is 11.5 Å². The van der Waals surface area contributed by atoms with Crippen LogP contribution in [0.2, 0.25) is 0 Å². The quantitative estimate of drug-likeness (QED) is 0.815. The molecule has 0 amide bonds. The van der Waals surface area contributed by atoms with Crippen molar-refractivity contribution >= 4 is 0 Å². The SMILES string of the molecule is CC(C)Oc1c(OC2CC2)ccnc1C(C)(C)C. The van der Waals surface area contributed by atoms with Crippen molar-refractivity contribution in [2.75, 3.05) is 0 Å². The topological polar surface area (TPSA) is 31.4 Å². The van der Waals surface area contributed by atoms with E-state index in [9.17, 15) is 0 Å². The summed E-state index contributed by atoms with van der Waals surface area (Å²) in [5.41, 5.74) is 0.919. The second-order valence-electron chi connectivity index (χ2n) is 6.22. The number of aromatic nitrogens is 1. The molecule has 100 valence electrons. The Morgan fingerprint density at radius 3 is 2.44 bits per heavy atom. The number of hydrogen-bond acceptors (Lipinski definition) is 3. The lowest BCUT2D eigenvalue weighted by molar-refractivity contribution is 0.210. The van der Waals surface area contributed by atoms with Gasteiger partial charge in [-0.3, -0.25) is 4.98 Å². The van der Waals surface area contributed by atoms with E-state index in [4.69, 9.17) is 9.47 Å². The first-order chi connectivity index (χ1) is 8.38. The van der Waals surface area contributed by atoms with E-state index in [1.54, 1.807) is 0 Å². The van der Waals surface area contributed by atoms with Crippen LogP contribution in [0.25, 0.3) is 0 Å². The van der Waals surface area contributed by atoms with Crippen LogP contribution in [-0.2, 0) is 5.41 Å². The van der Waals surface area contributed by atoms with Crippen LogP contribution in [-0.4, -0.2) is 17.2 Å². The van der Waals surface area contributed by atoms with Crippen molar-refractivity contribution < 1.29 is 9.47 Å². The summed E-state index contributed by atoms with van der Waals surface area (Å²) < 4.78 is 11.9. The number of pyridine rings is 1. The normalized spacial score (nSPS) is 15.9. The molecule has 18 heavy (non-hydrogen) atoms. The maximum atomic E-state index is 5.94. The Morgan fingerprint density at radius 1 is 1.28 bits per heavy atom. The van der Waals surface area contributed by atoms with E-state index in [-0.39, 0.29) is 11.5 Å². The molecule has 1 aliphatic rings. The zero-order valence-corrected chi connectivity index (χ0v) is 12.0. The summed E-state index contributed by atoms with van der Waals surface area (Å²) in [5.74, 6) is 1.65. The van der Waals surface area contributed by atoms with Crippen LogP contribution in [0.4, 0.5) is 0 Å². The zero-order valence-electron chi connectivity index (χ0n) is 12.0.